The third-order valence-corrected chi connectivity index (χ3v) is 8.01. The summed E-state index contributed by atoms with van der Waals surface area (Å²) in [5.74, 6) is -1.25. The van der Waals surface area contributed by atoms with Gasteiger partial charge < -0.3 is 45.6 Å². The first kappa shape index (κ1) is 41.6. The summed E-state index contributed by atoms with van der Waals surface area (Å²) >= 11 is 0. The minimum atomic E-state index is -1.10. The molecule has 10 heteroatoms. The zero-order valence-electron chi connectivity index (χ0n) is 27.7. The summed E-state index contributed by atoms with van der Waals surface area (Å²) in [5.41, 5.74) is 0. The Labute approximate surface area is 274 Å². The molecule has 262 valence electrons. The van der Waals surface area contributed by atoms with Gasteiger partial charge in [-0.05, 0) is 44.4 Å². The van der Waals surface area contributed by atoms with Crippen molar-refractivity contribution in [3.05, 3.63) is 72.9 Å². The molecule has 0 spiro atoms. The molecule has 11 atom stereocenters. The van der Waals surface area contributed by atoms with Gasteiger partial charge in [-0.1, -0.05) is 94.5 Å². The lowest BCUT2D eigenvalue weighted by atomic mass is 9.90. The molecule has 1 aliphatic heterocycles. The standard InChI is InChI=1S/C36H58O10/c1-24(2)36-25(3)16-17-27(37)18-28(38)19-29(39)20-30(40)21-31(41)22-32(42)23-34(44)26(4)33(43)14-12-10-8-6-5-7-9-11-13-15-35(45)46-36/h5-13,15-17,24-34,36-44H,14,18-23H2,1-4H3/b7-5-,8-6-,11-9-,12-10-,15-13-,17-16-/t25-,26-,27-,28-,29+,30-,31+,32+,33-,34-,36+/m1/s1. The van der Waals surface area contributed by atoms with Crippen molar-refractivity contribution in [2.24, 2.45) is 17.8 Å². The fraction of sp³-hybridized carbons (Fsp3) is 0.639. The number of esters is 1. The molecule has 1 aliphatic rings. The van der Waals surface area contributed by atoms with Gasteiger partial charge in [-0.3, -0.25) is 0 Å². The lowest BCUT2D eigenvalue weighted by Crippen LogP contribution is -2.34. The van der Waals surface area contributed by atoms with E-state index in [1.807, 2.05) is 20.8 Å². The van der Waals surface area contributed by atoms with Crippen LogP contribution in [0.25, 0.3) is 0 Å². The summed E-state index contributed by atoms with van der Waals surface area (Å²) in [4.78, 5) is 12.4. The SMILES string of the molecule is CC(C)[C@@H]1OC(=O)\C=C/C=C\C=C/C=C\C=C/C[C@@H](O)[C@@H](C)[C@H](O)C[C@@H](O)C[C@@H](O)C[C@H](O)C[C@@H](O)C[C@H](O)C[C@H](O)/C=C\[C@H]1C. The number of allylic oxidation sites excluding steroid dienone is 8. The number of carbonyl (C=O) groups excluding carboxylic acids is 1. The maximum Gasteiger partial charge on any atom is 0.331 e. The summed E-state index contributed by atoms with van der Waals surface area (Å²) in [5, 5.41) is 83.2. The number of aliphatic hydroxyl groups excluding tert-OH is 8. The summed E-state index contributed by atoms with van der Waals surface area (Å²) < 4.78 is 5.65. The van der Waals surface area contributed by atoms with Gasteiger partial charge in [-0.2, -0.15) is 0 Å². The van der Waals surface area contributed by atoms with Crippen LogP contribution in [-0.4, -0.2) is 102 Å². The quantitative estimate of drug-likeness (QED) is 0.155. The van der Waals surface area contributed by atoms with E-state index in [1.165, 1.54) is 12.2 Å². The maximum absolute atomic E-state index is 12.4. The zero-order valence-corrected chi connectivity index (χ0v) is 27.7. The Bertz CT molecular complexity index is 1020. The molecule has 10 nitrogen and oxygen atoms in total. The van der Waals surface area contributed by atoms with Gasteiger partial charge in [0.1, 0.15) is 6.10 Å². The maximum atomic E-state index is 12.4. The van der Waals surface area contributed by atoms with E-state index in [0.717, 1.165) is 0 Å². The van der Waals surface area contributed by atoms with Crippen LogP contribution in [0.3, 0.4) is 0 Å². The van der Waals surface area contributed by atoms with Crippen LogP contribution in [0.4, 0.5) is 0 Å². The van der Waals surface area contributed by atoms with E-state index in [0.29, 0.717) is 6.42 Å². The molecular formula is C36H58O10. The molecule has 0 saturated heterocycles. The van der Waals surface area contributed by atoms with Crippen LogP contribution in [0, 0.1) is 17.8 Å². The molecule has 46 heavy (non-hydrogen) atoms. The molecule has 1 rings (SSSR count). The second kappa shape index (κ2) is 23.0. The van der Waals surface area contributed by atoms with Gasteiger partial charge in [0, 0.05) is 24.3 Å². The van der Waals surface area contributed by atoms with Gasteiger partial charge in [-0.15, -0.1) is 0 Å². The smallest absolute Gasteiger partial charge is 0.331 e. The van der Waals surface area contributed by atoms with Crippen LogP contribution in [0.15, 0.2) is 72.9 Å². The molecule has 0 aromatic heterocycles. The van der Waals surface area contributed by atoms with E-state index in [4.69, 9.17) is 4.74 Å². The fourth-order valence-electron chi connectivity index (χ4n) is 5.31. The normalized spacial score (nSPS) is 40.4. The third kappa shape index (κ3) is 18.7. The highest BCUT2D eigenvalue weighted by atomic mass is 16.5. The van der Waals surface area contributed by atoms with Gasteiger partial charge in [-0.25, -0.2) is 4.79 Å². The Kier molecular flexibility index (Phi) is 20.8. The van der Waals surface area contributed by atoms with Crippen molar-refractivity contribution in [3.63, 3.8) is 0 Å². The predicted molar refractivity (Wildman–Crippen MR) is 178 cm³/mol. The summed E-state index contributed by atoms with van der Waals surface area (Å²) in [6.45, 7) is 7.40. The number of rotatable bonds is 1. The van der Waals surface area contributed by atoms with Gasteiger partial charge in [0.05, 0.1) is 48.8 Å². The van der Waals surface area contributed by atoms with Crippen LogP contribution < -0.4 is 0 Å². The summed E-state index contributed by atoms with van der Waals surface area (Å²) in [6, 6.07) is 0. The number of ether oxygens (including phenoxy) is 1. The molecule has 1 heterocycles. The Morgan fingerprint density at radius 2 is 1.07 bits per heavy atom. The van der Waals surface area contributed by atoms with Crippen LogP contribution in [-0.2, 0) is 9.53 Å². The average Bonchev–Trinajstić information content (AvgIpc) is 2.95. The summed E-state index contributed by atoms with van der Waals surface area (Å²) in [7, 11) is 0. The molecular weight excluding hydrogens is 592 g/mol. The van der Waals surface area contributed by atoms with Crippen LogP contribution in [0.2, 0.25) is 0 Å². The largest absolute Gasteiger partial charge is 0.458 e. The van der Waals surface area contributed by atoms with Crippen molar-refractivity contribution in [2.45, 2.75) is 128 Å². The second-order valence-electron chi connectivity index (χ2n) is 12.8. The molecule has 0 aromatic rings. The monoisotopic (exact) mass is 650 g/mol. The highest BCUT2D eigenvalue weighted by Crippen LogP contribution is 2.22. The molecule has 0 bridgehead atoms. The number of hydrogen-bond donors (Lipinski definition) is 8. The van der Waals surface area contributed by atoms with Crippen LogP contribution >= 0.6 is 0 Å². The molecule has 0 aliphatic carbocycles. The Hall–Kier alpha value is -2.41. The van der Waals surface area contributed by atoms with E-state index in [9.17, 15) is 45.6 Å². The number of hydrogen-bond acceptors (Lipinski definition) is 10. The minimum Gasteiger partial charge on any atom is -0.458 e. The molecule has 0 radical (unpaired) electrons. The molecule has 8 N–H and O–H groups in total. The van der Waals surface area contributed by atoms with Crippen LogP contribution in [0.5, 0.6) is 0 Å². The molecule has 0 aromatic carbocycles. The first-order valence-corrected chi connectivity index (χ1v) is 16.4. The molecule has 0 fully saturated rings. The van der Waals surface area contributed by atoms with Gasteiger partial charge in [0.2, 0.25) is 0 Å². The lowest BCUT2D eigenvalue weighted by molar-refractivity contribution is -0.147. The topological polar surface area (TPSA) is 188 Å². The van der Waals surface area contributed by atoms with E-state index in [-0.39, 0.29) is 50.4 Å². The first-order chi connectivity index (χ1) is 21.7. The van der Waals surface area contributed by atoms with Crippen molar-refractivity contribution in [3.8, 4) is 0 Å². The Morgan fingerprint density at radius 3 is 1.59 bits per heavy atom. The van der Waals surface area contributed by atoms with Crippen molar-refractivity contribution >= 4 is 5.97 Å². The van der Waals surface area contributed by atoms with Gasteiger partial charge in [0.15, 0.2) is 0 Å². The highest BCUT2D eigenvalue weighted by molar-refractivity contribution is 5.82. The lowest BCUT2D eigenvalue weighted by Gasteiger charge is -2.26. The minimum absolute atomic E-state index is 0.00324. The predicted octanol–water partition coefficient (Wildman–Crippen LogP) is 2.80. The van der Waals surface area contributed by atoms with Crippen molar-refractivity contribution in [1.82, 2.24) is 0 Å². The second-order valence-corrected chi connectivity index (χ2v) is 12.8. The van der Waals surface area contributed by atoms with E-state index in [1.54, 1.807) is 67.7 Å². The van der Waals surface area contributed by atoms with Crippen molar-refractivity contribution < 1.29 is 50.4 Å². The average molecular weight is 651 g/mol. The number of carbonyl (C=O) groups is 1. The first-order valence-electron chi connectivity index (χ1n) is 16.4. The fourth-order valence-corrected chi connectivity index (χ4v) is 5.31. The van der Waals surface area contributed by atoms with E-state index in [2.05, 4.69) is 0 Å². The molecule has 0 unspecified atom stereocenters. The summed E-state index contributed by atoms with van der Waals surface area (Å²) in [6.07, 6.45) is 11.3. The van der Waals surface area contributed by atoms with E-state index < -0.39 is 66.8 Å². The van der Waals surface area contributed by atoms with Gasteiger partial charge >= 0.3 is 5.97 Å². The number of aliphatic hydroxyl groups is 8. The van der Waals surface area contributed by atoms with Gasteiger partial charge in [0.25, 0.3) is 0 Å². The molecule has 0 amide bonds. The zero-order chi connectivity index (χ0) is 34.6. The van der Waals surface area contributed by atoms with E-state index >= 15 is 0 Å². The molecule has 0 saturated carbocycles. The van der Waals surface area contributed by atoms with Crippen LogP contribution in [0.1, 0.15) is 72.6 Å². The Morgan fingerprint density at radius 1 is 0.609 bits per heavy atom. The Balaban J connectivity index is 2.98. The third-order valence-electron chi connectivity index (χ3n) is 8.01. The highest BCUT2D eigenvalue weighted by Gasteiger charge is 2.27. The van der Waals surface area contributed by atoms with Crippen molar-refractivity contribution in [1.29, 1.82) is 0 Å². The number of cyclic esters (lactones) is 1. The van der Waals surface area contributed by atoms with Crippen molar-refractivity contribution in [2.75, 3.05) is 0 Å².